The molecular weight excluding hydrogens is 237 g/mol. The van der Waals surface area contributed by atoms with Crippen molar-refractivity contribution in [2.45, 2.75) is 13.3 Å². The number of anilines is 1. The second kappa shape index (κ2) is 5.56. The van der Waals surface area contributed by atoms with Crippen molar-refractivity contribution in [3.05, 3.63) is 47.9 Å². The number of nitrogens with zero attached hydrogens (tertiary/aromatic N) is 2. The maximum absolute atomic E-state index is 12.3. The van der Waals surface area contributed by atoms with E-state index in [4.69, 9.17) is 13.6 Å². The Kier molecular flexibility index (Phi) is 3.85. The average molecular weight is 251 g/mol. The van der Waals surface area contributed by atoms with Crippen molar-refractivity contribution < 1.29 is 4.79 Å². The van der Waals surface area contributed by atoms with Gasteiger partial charge in [-0.1, -0.05) is 42.7 Å². The van der Waals surface area contributed by atoms with E-state index in [1.807, 2.05) is 13.0 Å². The van der Waals surface area contributed by atoms with Crippen LogP contribution in [-0.4, -0.2) is 23.2 Å². The van der Waals surface area contributed by atoms with Crippen LogP contribution in [0.15, 0.2) is 36.7 Å². The summed E-state index contributed by atoms with van der Waals surface area (Å²) in [6.45, 7) is 2.02. The molecule has 94 valence electrons. The highest BCUT2D eigenvalue weighted by atomic mass is 16.1. The molecule has 2 N–H and O–H groups in total. The summed E-state index contributed by atoms with van der Waals surface area (Å²) < 4.78 is 1.63. The topological polar surface area (TPSA) is 60.9 Å². The third-order valence-corrected chi connectivity index (χ3v) is 2.70. The number of nitrogen functional groups attached to an aromatic ring is 1. The van der Waals surface area contributed by atoms with Crippen LogP contribution in [0.5, 0.6) is 0 Å². The van der Waals surface area contributed by atoms with Crippen molar-refractivity contribution in [2.75, 3.05) is 5.73 Å². The Morgan fingerprint density at radius 3 is 3.00 bits per heavy atom. The number of nitrogens with two attached hydrogens (primary N) is 1. The average Bonchev–Trinajstić information content (AvgIpc) is 2.77. The van der Waals surface area contributed by atoms with Gasteiger partial charge < -0.3 is 5.73 Å². The van der Waals surface area contributed by atoms with E-state index < -0.39 is 0 Å². The summed E-state index contributed by atoms with van der Waals surface area (Å²) in [5, 5.41) is 0. The van der Waals surface area contributed by atoms with Gasteiger partial charge in [-0.2, -0.15) is 0 Å². The molecule has 0 saturated heterocycles. The summed E-state index contributed by atoms with van der Waals surface area (Å²) in [5.74, 6) is 0.102. The number of carbonyl (C=O) groups excluding carboxylic acids is 1. The molecule has 2 rings (SSSR count). The highest BCUT2D eigenvalue weighted by Crippen LogP contribution is 2.15. The van der Waals surface area contributed by atoms with Gasteiger partial charge in [0.15, 0.2) is 5.69 Å². The monoisotopic (exact) mass is 251 g/mol. The lowest BCUT2D eigenvalue weighted by Crippen LogP contribution is -2.10. The number of carbonyl (C=O) groups is 1. The van der Waals surface area contributed by atoms with Crippen LogP contribution in [0.1, 0.15) is 29.4 Å². The minimum Gasteiger partial charge on any atom is -0.383 e. The zero-order chi connectivity index (χ0) is 13.8. The van der Waals surface area contributed by atoms with Crippen LogP contribution in [0, 0.1) is 0 Å². The number of rotatable bonds is 4. The molecule has 5 heteroatoms. The van der Waals surface area contributed by atoms with E-state index in [1.165, 1.54) is 6.33 Å². The maximum Gasteiger partial charge on any atom is 0.215 e. The summed E-state index contributed by atoms with van der Waals surface area (Å²) in [6.07, 6.45) is 6.14. The molecule has 0 aliphatic carbocycles. The van der Waals surface area contributed by atoms with Crippen molar-refractivity contribution in [3.8, 4) is 0 Å². The highest BCUT2D eigenvalue weighted by molar-refractivity contribution is 6.33. The van der Waals surface area contributed by atoms with E-state index in [9.17, 15) is 4.79 Å². The van der Waals surface area contributed by atoms with E-state index in [1.54, 1.807) is 35.0 Å². The zero-order valence-corrected chi connectivity index (χ0v) is 10.7. The molecule has 0 unspecified atom stereocenters. The second-order valence-electron chi connectivity index (χ2n) is 4.13. The lowest BCUT2D eigenvalue weighted by molar-refractivity contribution is 0.103. The molecule has 2 aromatic rings. The Labute approximate surface area is 113 Å². The molecule has 19 heavy (non-hydrogen) atoms. The molecule has 0 amide bonds. The Bertz CT molecular complexity index is 631. The van der Waals surface area contributed by atoms with Gasteiger partial charge in [-0.05, 0) is 6.42 Å². The number of ketones is 1. The fourth-order valence-electron chi connectivity index (χ4n) is 1.70. The second-order valence-corrected chi connectivity index (χ2v) is 4.13. The minimum atomic E-state index is -0.228. The molecule has 1 aromatic heterocycles. The largest absolute Gasteiger partial charge is 0.383 e. The number of hydrogen-bond acceptors (Lipinski definition) is 3. The van der Waals surface area contributed by atoms with E-state index in [0.29, 0.717) is 16.8 Å². The first-order valence-electron chi connectivity index (χ1n) is 6.02. The summed E-state index contributed by atoms with van der Waals surface area (Å²) >= 11 is 0. The molecule has 0 spiro atoms. The van der Waals surface area contributed by atoms with Gasteiger partial charge in [0.2, 0.25) is 5.78 Å². The van der Waals surface area contributed by atoms with Gasteiger partial charge >= 0.3 is 0 Å². The fraction of sp³-hybridized carbons (Fsp3) is 0.143. The van der Waals surface area contributed by atoms with Crippen molar-refractivity contribution in [1.29, 1.82) is 0 Å². The van der Waals surface area contributed by atoms with E-state index in [-0.39, 0.29) is 11.5 Å². The quantitative estimate of drug-likeness (QED) is 0.659. The lowest BCUT2D eigenvalue weighted by atomic mass is 9.93. The van der Waals surface area contributed by atoms with Crippen molar-refractivity contribution >= 4 is 31.1 Å². The zero-order valence-electron chi connectivity index (χ0n) is 10.7. The third kappa shape index (κ3) is 2.76. The van der Waals surface area contributed by atoms with Crippen molar-refractivity contribution in [3.63, 3.8) is 0 Å². The van der Waals surface area contributed by atoms with Crippen LogP contribution in [0.25, 0.3) is 6.20 Å². The molecule has 1 heterocycles. The number of allylic oxidation sites excluding steroid dienone is 1. The van der Waals surface area contributed by atoms with Gasteiger partial charge in [-0.3, -0.25) is 9.36 Å². The van der Waals surface area contributed by atoms with Crippen LogP contribution in [0.2, 0.25) is 0 Å². The predicted molar refractivity (Wildman–Crippen MR) is 77.5 cm³/mol. The molecule has 0 fully saturated rings. The van der Waals surface area contributed by atoms with Crippen LogP contribution in [0.3, 0.4) is 0 Å². The van der Waals surface area contributed by atoms with E-state index >= 15 is 0 Å². The SMILES string of the molecule is [B]c1cccc(C(=O)c2ncn(/C=C/CC)c2N)c1. The normalized spacial score (nSPS) is 11.0. The molecule has 0 bridgehead atoms. The first-order chi connectivity index (χ1) is 9.13. The number of benzene rings is 1. The summed E-state index contributed by atoms with van der Waals surface area (Å²) in [6, 6.07) is 6.76. The number of aromatic nitrogens is 2. The van der Waals surface area contributed by atoms with Gasteiger partial charge in [-0.15, -0.1) is 0 Å². The molecule has 4 nitrogen and oxygen atoms in total. The summed E-state index contributed by atoms with van der Waals surface area (Å²) in [4.78, 5) is 16.3. The number of imidazole rings is 1. The Balaban J connectivity index is 2.35. The van der Waals surface area contributed by atoms with Crippen LogP contribution < -0.4 is 11.2 Å². The summed E-state index contributed by atoms with van der Waals surface area (Å²) in [5.41, 5.74) is 7.18. The molecule has 0 aliphatic heterocycles. The predicted octanol–water partition coefficient (Wildman–Crippen LogP) is 1.37. The van der Waals surface area contributed by atoms with Crippen LogP contribution in [0.4, 0.5) is 5.82 Å². The van der Waals surface area contributed by atoms with Gasteiger partial charge in [0, 0.05) is 11.8 Å². The van der Waals surface area contributed by atoms with Crippen LogP contribution in [-0.2, 0) is 0 Å². The molecule has 0 saturated carbocycles. The smallest absolute Gasteiger partial charge is 0.215 e. The van der Waals surface area contributed by atoms with Crippen LogP contribution >= 0.6 is 0 Å². The molecule has 0 aliphatic rings. The molecule has 0 atom stereocenters. The first-order valence-corrected chi connectivity index (χ1v) is 6.02. The fourth-order valence-corrected chi connectivity index (χ4v) is 1.70. The van der Waals surface area contributed by atoms with Gasteiger partial charge in [0.05, 0.1) is 0 Å². The minimum absolute atomic E-state index is 0.228. The van der Waals surface area contributed by atoms with Gasteiger partial charge in [0.25, 0.3) is 0 Å². The molecule has 2 radical (unpaired) electrons. The van der Waals surface area contributed by atoms with Gasteiger partial charge in [-0.25, -0.2) is 4.98 Å². The third-order valence-electron chi connectivity index (χ3n) is 2.70. The van der Waals surface area contributed by atoms with Gasteiger partial charge in [0.1, 0.15) is 20.0 Å². The Hall–Kier alpha value is -2.30. The highest BCUT2D eigenvalue weighted by Gasteiger charge is 2.16. The van der Waals surface area contributed by atoms with Crippen molar-refractivity contribution in [1.82, 2.24) is 9.55 Å². The number of hydrogen-bond donors (Lipinski definition) is 1. The van der Waals surface area contributed by atoms with Crippen molar-refractivity contribution in [2.24, 2.45) is 0 Å². The van der Waals surface area contributed by atoms with E-state index in [2.05, 4.69) is 4.98 Å². The lowest BCUT2D eigenvalue weighted by Gasteiger charge is -2.02. The Morgan fingerprint density at radius 1 is 1.53 bits per heavy atom. The standard InChI is InChI=1S/C14H14BN3O/c1-2-3-7-18-9-17-12(14(18)16)13(19)10-5-4-6-11(15)8-10/h3-9H,2,16H2,1H3/b7-3+. The first kappa shape index (κ1) is 13.1. The summed E-state index contributed by atoms with van der Waals surface area (Å²) in [7, 11) is 5.66. The maximum atomic E-state index is 12.3. The molecule has 1 aromatic carbocycles. The Morgan fingerprint density at radius 2 is 2.32 bits per heavy atom. The van der Waals surface area contributed by atoms with E-state index in [0.717, 1.165) is 6.42 Å². The molecular formula is C14H14BN3O.